The molecule has 0 spiro atoms. The summed E-state index contributed by atoms with van der Waals surface area (Å²) in [6.45, 7) is 5.03. The molecule has 0 saturated heterocycles. The molecule has 1 fully saturated rings. The monoisotopic (exact) mass is 238 g/mol. The van der Waals surface area contributed by atoms with E-state index in [0.29, 0.717) is 30.5 Å². The second-order valence-corrected chi connectivity index (χ2v) is 4.69. The molecule has 0 aromatic carbocycles. The van der Waals surface area contributed by atoms with Gasteiger partial charge in [0.05, 0.1) is 6.54 Å². The molecule has 0 radical (unpaired) electrons. The van der Waals surface area contributed by atoms with Crippen molar-refractivity contribution in [1.82, 2.24) is 15.5 Å². The largest absolute Gasteiger partial charge is 0.407 e. The van der Waals surface area contributed by atoms with Crippen LogP contribution in [-0.2, 0) is 6.54 Å². The Morgan fingerprint density at radius 3 is 2.82 bits per heavy atom. The van der Waals surface area contributed by atoms with Gasteiger partial charge in [0.2, 0.25) is 5.89 Å². The Labute approximate surface area is 102 Å². The van der Waals surface area contributed by atoms with Crippen molar-refractivity contribution >= 4 is 6.01 Å². The van der Waals surface area contributed by atoms with Crippen LogP contribution in [0.25, 0.3) is 0 Å². The van der Waals surface area contributed by atoms with Crippen LogP contribution in [-0.4, -0.2) is 22.3 Å². The highest BCUT2D eigenvalue weighted by molar-refractivity contribution is 5.19. The van der Waals surface area contributed by atoms with Gasteiger partial charge >= 0.3 is 6.01 Å². The Morgan fingerprint density at radius 2 is 2.18 bits per heavy atom. The molecule has 0 aliphatic heterocycles. The van der Waals surface area contributed by atoms with Crippen molar-refractivity contribution in [3.05, 3.63) is 5.89 Å². The van der Waals surface area contributed by atoms with Crippen LogP contribution in [0.3, 0.4) is 0 Å². The lowest BCUT2D eigenvalue weighted by Gasteiger charge is -2.13. The average Bonchev–Trinajstić information content (AvgIpc) is 3.06. The molecule has 1 unspecified atom stereocenters. The highest BCUT2D eigenvalue weighted by Crippen LogP contribution is 2.19. The predicted molar refractivity (Wildman–Crippen MR) is 66.8 cm³/mol. The van der Waals surface area contributed by atoms with Crippen LogP contribution >= 0.6 is 0 Å². The Morgan fingerprint density at radius 1 is 1.35 bits per heavy atom. The number of aromatic nitrogens is 2. The lowest BCUT2D eigenvalue weighted by atomic mass is 10.1. The van der Waals surface area contributed by atoms with Gasteiger partial charge in [-0.3, -0.25) is 0 Å². The molecule has 1 aliphatic rings. The molecular weight excluding hydrogens is 216 g/mol. The SMILES string of the molecule is CCCC(CC)Nc1nnc(CNC2CC2)o1. The molecule has 1 aromatic heterocycles. The van der Waals surface area contributed by atoms with Crippen molar-refractivity contribution in [3.8, 4) is 0 Å². The summed E-state index contributed by atoms with van der Waals surface area (Å²) in [6.07, 6.45) is 5.91. The maximum absolute atomic E-state index is 5.54. The molecule has 1 atom stereocenters. The second kappa shape index (κ2) is 6.00. The van der Waals surface area contributed by atoms with Gasteiger partial charge in [0.1, 0.15) is 0 Å². The van der Waals surface area contributed by atoms with Crippen LogP contribution in [0.2, 0.25) is 0 Å². The summed E-state index contributed by atoms with van der Waals surface area (Å²) in [5.41, 5.74) is 0. The van der Waals surface area contributed by atoms with Gasteiger partial charge in [-0.15, -0.1) is 5.10 Å². The molecule has 0 bridgehead atoms. The molecule has 1 aromatic rings. The van der Waals surface area contributed by atoms with E-state index >= 15 is 0 Å². The molecule has 5 heteroatoms. The van der Waals surface area contributed by atoms with Crippen LogP contribution in [0.4, 0.5) is 6.01 Å². The van der Waals surface area contributed by atoms with E-state index in [1.807, 2.05) is 0 Å². The summed E-state index contributed by atoms with van der Waals surface area (Å²) < 4.78 is 5.54. The zero-order chi connectivity index (χ0) is 12.1. The van der Waals surface area contributed by atoms with E-state index in [4.69, 9.17) is 4.42 Å². The van der Waals surface area contributed by atoms with Crippen molar-refractivity contribution in [2.75, 3.05) is 5.32 Å². The van der Waals surface area contributed by atoms with E-state index < -0.39 is 0 Å². The first-order valence-electron chi connectivity index (χ1n) is 6.64. The smallest absolute Gasteiger partial charge is 0.315 e. The van der Waals surface area contributed by atoms with Gasteiger partial charge in [-0.25, -0.2) is 0 Å². The van der Waals surface area contributed by atoms with Crippen LogP contribution in [0.1, 0.15) is 51.8 Å². The Kier molecular flexibility index (Phi) is 4.36. The highest BCUT2D eigenvalue weighted by atomic mass is 16.4. The van der Waals surface area contributed by atoms with Crippen molar-refractivity contribution in [1.29, 1.82) is 0 Å². The number of hydrogen-bond acceptors (Lipinski definition) is 5. The highest BCUT2D eigenvalue weighted by Gasteiger charge is 2.21. The molecule has 1 saturated carbocycles. The average molecular weight is 238 g/mol. The summed E-state index contributed by atoms with van der Waals surface area (Å²) >= 11 is 0. The Hall–Kier alpha value is -1.10. The molecule has 1 heterocycles. The van der Waals surface area contributed by atoms with Crippen molar-refractivity contribution in [2.24, 2.45) is 0 Å². The Bertz CT molecular complexity index is 335. The quantitative estimate of drug-likeness (QED) is 0.727. The maximum Gasteiger partial charge on any atom is 0.315 e. The normalized spacial score (nSPS) is 17.1. The molecule has 5 nitrogen and oxygen atoms in total. The molecule has 1 aliphatic carbocycles. The van der Waals surface area contributed by atoms with E-state index in [1.165, 1.54) is 12.8 Å². The summed E-state index contributed by atoms with van der Waals surface area (Å²) in [6, 6.07) is 1.66. The van der Waals surface area contributed by atoms with Gasteiger partial charge in [0.15, 0.2) is 0 Å². The van der Waals surface area contributed by atoms with E-state index in [9.17, 15) is 0 Å². The fourth-order valence-corrected chi connectivity index (χ4v) is 1.80. The van der Waals surface area contributed by atoms with Crippen LogP contribution in [0, 0.1) is 0 Å². The lowest BCUT2D eigenvalue weighted by molar-refractivity contribution is 0.467. The van der Waals surface area contributed by atoms with Gasteiger partial charge in [-0.1, -0.05) is 25.4 Å². The summed E-state index contributed by atoms with van der Waals surface area (Å²) in [5.74, 6) is 0.672. The number of nitrogens with zero attached hydrogens (tertiary/aromatic N) is 2. The number of rotatable bonds is 8. The third kappa shape index (κ3) is 4.00. The molecule has 96 valence electrons. The topological polar surface area (TPSA) is 63.0 Å². The minimum Gasteiger partial charge on any atom is -0.407 e. The van der Waals surface area contributed by atoms with E-state index in [2.05, 4.69) is 34.7 Å². The van der Waals surface area contributed by atoms with Crippen LogP contribution in [0.5, 0.6) is 0 Å². The number of anilines is 1. The molecule has 0 amide bonds. The maximum atomic E-state index is 5.54. The molecule has 2 N–H and O–H groups in total. The minimum atomic E-state index is 0.435. The standard InChI is InChI=1S/C12H22N4O/c1-3-5-9(4-2)14-12-16-15-11(17-12)8-13-10-6-7-10/h9-10,13H,3-8H2,1-2H3,(H,14,16). The van der Waals surface area contributed by atoms with Crippen LogP contribution < -0.4 is 10.6 Å². The second-order valence-electron chi connectivity index (χ2n) is 4.69. The van der Waals surface area contributed by atoms with E-state index in [0.717, 1.165) is 19.3 Å². The number of nitrogens with one attached hydrogen (secondary N) is 2. The van der Waals surface area contributed by atoms with Gasteiger partial charge in [-0.05, 0) is 25.7 Å². The lowest BCUT2D eigenvalue weighted by Crippen LogP contribution is -2.18. The zero-order valence-electron chi connectivity index (χ0n) is 10.7. The van der Waals surface area contributed by atoms with Gasteiger partial charge in [-0.2, -0.15) is 0 Å². The first-order chi connectivity index (χ1) is 8.31. The molecule has 17 heavy (non-hydrogen) atoms. The van der Waals surface area contributed by atoms with Gasteiger partial charge in [0, 0.05) is 12.1 Å². The zero-order valence-corrected chi connectivity index (χ0v) is 10.7. The summed E-state index contributed by atoms with van der Waals surface area (Å²) in [4.78, 5) is 0. The number of hydrogen-bond donors (Lipinski definition) is 2. The Balaban J connectivity index is 1.79. The van der Waals surface area contributed by atoms with Crippen molar-refractivity contribution < 1.29 is 4.42 Å². The van der Waals surface area contributed by atoms with Crippen molar-refractivity contribution in [3.63, 3.8) is 0 Å². The summed E-state index contributed by atoms with van der Waals surface area (Å²) in [7, 11) is 0. The molecule has 2 rings (SSSR count). The first-order valence-corrected chi connectivity index (χ1v) is 6.64. The fourth-order valence-electron chi connectivity index (χ4n) is 1.80. The van der Waals surface area contributed by atoms with Gasteiger partial charge < -0.3 is 15.1 Å². The summed E-state index contributed by atoms with van der Waals surface area (Å²) in [5, 5.41) is 14.7. The van der Waals surface area contributed by atoms with Gasteiger partial charge in [0.25, 0.3) is 0 Å². The fraction of sp³-hybridized carbons (Fsp3) is 0.833. The van der Waals surface area contributed by atoms with Crippen molar-refractivity contribution in [2.45, 2.75) is 64.6 Å². The first kappa shape index (κ1) is 12.4. The van der Waals surface area contributed by atoms with E-state index in [-0.39, 0.29) is 0 Å². The third-order valence-corrected chi connectivity index (χ3v) is 3.04. The minimum absolute atomic E-state index is 0.435. The van der Waals surface area contributed by atoms with E-state index in [1.54, 1.807) is 0 Å². The third-order valence-electron chi connectivity index (χ3n) is 3.04. The predicted octanol–water partition coefficient (Wildman–Crippen LogP) is 2.31. The molecular formula is C12H22N4O. The van der Waals surface area contributed by atoms with Crippen LogP contribution in [0.15, 0.2) is 4.42 Å².